The molecular weight excluding hydrogens is 378 g/mol. The quantitative estimate of drug-likeness (QED) is 0.565. The van der Waals surface area contributed by atoms with E-state index in [0.29, 0.717) is 0 Å². The maximum atomic E-state index is 12.9. The van der Waals surface area contributed by atoms with Gasteiger partial charge < -0.3 is 5.32 Å². The van der Waals surface area contributed by atoms with Crippen molar-refractivity contribution in [3.63, 3.8) is 0 Å². The average molecular weight is 406 g/mol. The Morgan fingerprint density at radius 1 is 1.21 bits per heavy atom. The van der Waals surface area contributed by atoms with Crippen molar-refractivity contribution in [3.05, 3.63) is 64.2 Å². The van der Waals surface area contributed by atoms with Crippen LogP contribution in [-0.4, -0.2) is 15.9 Å². The van der Waals surface area contributed by atoms with Gasteiger partial charge in [-0.05, 0) is 55.2 Å². The van der Waals surface area contributed by atoms with Gasteiger partial charge in [0.25, 0.3) is 0 Å². The molecule has 5 heteroatoms. The minimum absolute atomic E-state index is 0.153. The molecule has 2 aromatic heterocycles. The molecule has 150 valence electrons. The van der Waals surface area contributed by atoms with Crippen molar-refractivity contribution in [1.82, 2.24) is 9.97 Å². The van der Waals surface area contributed by atoms with Gasteiger partial charge in [-0.1, -0.05) is 32.3 Å². The largest absolute Gasteiger partial charge is 0.326 e. The fraction of sp³-hybridized carbons (Fsp3) is 0.375. The number of carbonyl (C=O) groups is 1. The fourth-order valence-electron chi connectivity index (χ4n) is 3.98. The second-order valence-electron chi connectivity index (χ2n) is 8.26. The van der Waals surface area contributed by atoms with Gasteiger partial charge in [-0.3, -0.25) is 9.78 Å². The topological polar surface area (TPSA) is 54.9 Å². The summed E-state index contributed by atoms with van der Waals surface area (Å²) in [6.45, 7) is 4.21. The highest BCUT2D eigenvalue weighted by Gasteiger charge is 2.34. The highest BCUT2D eigenvalue weighted by atomic mass is 32.1. The summed E-state index contributed by atoms with van der Waals surface area (Å²) >= 11 is 1.66. The van der Waals surface area contributed by atoms with Crippen LogP contribution in [0.25, 0.3) is 11.3 Å². The molecule has 1 saturated carbocycles. The van der Waals surface area contributed by atoms with E-state index in [4.69, 9.17) is 4.98 Å². The third kappa shape index (κ3) is 4.56. The molecule has 4 nitrogen and oxygen atoms in total. The van der Waals surface area contributed by atoms with Crippen molar-refractivity contribution in [2.24, 2.45) is 5.41 Å². The second kappa shape index (κ2) is 8.46. The number of thiazole rings is 1. The lowest BCUT2D eigenvalue weighted by atomic mass is 9.75. The summed E-state index contributed by atoms with van der Waals surface area (Å²) in [7, 11) is 0. The predicted octanol–water partition coefficient (Wildman–Crippen LogP) is 6.01. The van der Waals surface area contributed by atoms with Crippen molar-refractivity contribution in [1.29, 1.82) is 0 Å². The van der Waals surface area contributed by atoms with E-state index in [0.717, 1.165) is 54.1 Å². The normalized spacial score (nSPS) is 15.8. The number of anilines is 1. The van der Waals surface area contributed by atoms with Crippen LogP contribution in [0.5, 0.6) is 0 Å². The molecule has 1 aliphatic rings. The first-order valence-electron chi connectivity index (χ1n) is 10.3. The lowest BCUT2D eigenvalue weighted by Crippen LogP contribution is -2.35. The zero-order valence-corrected chi connectivity index (χ0v) is 17.9. The molecular formula is C24H27N3OS. The number of carbonyl (C=O) groups excluding carboxylic acids is 1. The number of hydrogen-bond acceptors (Lipinski definition) is 4. The van der Waals surface area contributed by atoms with Gasteiger partial charge in [0.1, 0.15) is 0 Å². The first-order chi connectivity index (χ1) is 14.0. The lowest BCUT2D eigenvalue weighted by Gasteiger charge is -2.32. The number of nitrogens with zero attached hydrogens (tertiary/aromatic N) is 2. The zero-order valence-electron chi connectivity index (χ0n) is 17.1. The second-order valence-corrected chi connectivity index (χ2v) is 9.20. The SMILES string of the molecule is Cc1ccc(NC(=O)C2(C)CCCCC2)cc1Cc1nc(-c2cccnc2)cs1. The number of pyridine rings is 1. The Labute approximate surface area is 176 Å². The fourth-order valence-corrected chi connectivity index (χ4v) is 4.81. The van der Waals surface area contributed by atoms with E-state index in [-0.39, 0.29) is 11.3 Å². The maximum absolute atomic E-state index is 12.9. The Balaban J connectivity index is 1.49. The zero-order chi connectivity index (χ0) is 20.3. The highest BCUT2D eigenvalue weighted by molar-refractivity contribution is 7.10. The number of aryl methyl sites for hydroxylation is 1. The van der Waals surface area contributed by atoms with Crippen LogP contribution < -0.4 is 5.32 Å². The van der Waals surface area contributed by atoms with Crippen LogP contribution in [0, 0.1) is 12.3 Å². The molecule has 0 atom stereocenters. The molecule has 0 spiro atoms. The molecule has 0 bridgehead atoms. The number of nitrogens with one attached hydrogen (secondary N) is 1. The summed E-state index contributed by atoms with van der Waals surface area (Å²) in [6.07, 6.45) is 9.87. The van der Waals surface area contributed by atoms with Crippen molar-refractivity contribution in [2.75, 3.05) is 5.32 Å². The minimum Gasteiger partial charge on any atom is -0.326 e. The van der Waals surface area contributed by atoms with Crippen molar-refractivity contribution in [2.45, 2.75) is 52.4 Å². The first-order valence-corrected chi connectivity index (χ1v) is 11.2. The summed E-state index contributed by atoms with van der Waals surface area (Å²) in [5, 5.41) is 6.32. The Bertz CT molecular complexity index is 990. The summed E-state index contributed by atoms with van der Waals surface area (Å²) in [6, 6.07) is 10.1. The molecule has 29 heavy (non-hydrogen) atoms. The summed E-state index contributed by atoms with van der Waals surface area (Å²) in [5.74, 6) is 0.153. The van der Waals surface area contributed by atoms with Crippen molar-refractivity contribution in [3.8, 4) is 11.3 Å². The van der Waals surface area contributed by atoms with E-state index >= 15 is 0 Å². The average Bonchev–Trinajstić information content (AvgIpc) is 3.20. The van der Waals surface area contributed by atoms with Crippen LogP contribution >= 0.6 is 11.3 Å². The van der Waals surface area contributed by atoms with Crippen LogP contribution in [0.2, 0.25) is 0 Å². The third-order valence-electron chi connectivity index (χ3n) is 5.96. The van der Waals surface area contributed by atoms with E-state index in [9.17, 15) is 4.79 Å². The Morgan fingerprint density at radius 3 is 2.79 bits per heavy atom. The van der Waals surface area contributed by atoms with E-state index in [2.05, 4.69) is 41.7 Å². The summed E-state index contributed by atoms with van der Waals surface area (Å²) < 4.78 is 0. The Kier molecular flexibility index (Phi) is 5.76. The van der Waals surface area contributed by atoms with Crippen LogP contribution in [0.4, 0.5) is 5.69 Å². The smallest absolute Gasteiger partial charge is 0.230 e. The van der Waals surface area contributed by atoms with Gasteiger partial charge in [-0.2, -0.15) is 0 Å². The highest BCUT2D eigenvalue weighted by Crippen LogP contribution is 2.37. The number of amides is 1. The molecule has 0 unspecified atom stereocenters. The Morgan fingerprint density at radius 2 is 2.03 bits per heavy atom. The molecule has 1 fully saturated rings. The number of benzene rings is 1. The molecule has 0 radical (unpaired) electrons. The van der Waals surface area contributed by atoms with Gasteiger partial charge >= 0.3 is 0 Å². The molecule has 4 rings (SSSR count). The van der Waals surface area contributed by atoms with Crippen LogP contribution in [0.3, 0.4) is 0 Å². The molecule has 0 saturated heterocycles. The number of rotatable bonds is 5. The molecule has 3 aromatic rings. The number of aromatic nitrogens is 2. The summed E-state index contributed by atoms with van der Waals surface area (Å²) in [5.41, 5.74) is 5.05. The van der Waals surface area contributed by atoms with Crippen LogP contribution in [0.15, 0.2) is 48.1 Å². The van der Waals surface area contributed by atoms with Crippen LogP contribution in [-0.2, 0) is 11.2 Å². The molecule has 1 N–H and O–H groups in total. The van der Waals surface area contributed by atoms with Gasteiger partial charge in [-0.25, -0.2) is 4.98 Å². The van der Waals surface area contributed by atoms with Gasteiger partial charge in [0.15, 0.2) is 0 Å². The molecule has 0 aliphatic heterocycles. The van der Waals surface area contributed by atoms with Gasteiger partial charge in [0.2, 0.25) is 5.91 Å². The van der Waals surface area contributed by atoms with E-state index in [1.54, 1.807) is 17.5 Å². The van der Waals surface area contributed by atoms with Gasteiger partial charge in [-0.15, -0.1) is 11.3 Å². The van der Waals surface area contributed by atoms with Crippen molar-refractivity contribution < 1.29 is 4.79 Å². The van der Waals surface area contributed by atoms with E-state index in [1.807, 2.05) is 24.4 Å². The predicted molar refractivity (Wildman–Crippen MR) is 119 cm³/mol. The molecule has 1 amide bonds. The van der Waals surface area contributed by atoms with Gasteiger partial charge in [0, 0.05) is 40.9 Å². The monoisotopic (exact) mass is 405 g/mol. The molecule has 1 aromatic carbocycles. The Hall–Kier alpha value is -2.53. The number of hydrogen-bond donors (Lipinski definition) is 1. The lowest BCUT2D eigenvalue weighted by molar-refractivity contribution is -0.126. The first kappa shape index (κ1) is 19.8. The summed E-state index contributed by atoms with van der Waals surface area (Å²) in [4.78, 5) is 21.8. The molecule has 2 heterocycles. The maximum Gasteiger partial charge on any atom is 0.230 e. The standard InChI is InChI=1S/C24H27N3OS/c1-17-8-9-20(26-23(28)24(2)10-4-3-5-11-24)13-19(17)14-22-27-21(16-29-22)18-7-6-12-25-15-18/h6-9,12-13,15-16H,3-5,10-11,14H2,1-2H3,(H,26,28). The van der Waals surface area contributed by atoms with Crippen LogP contribution in [0.1, 0.15) is 55.2 Å². The van der Waals surface area contributed by atoms with E-state index < -0.39 is 0 Å². The van der Waals surface area contributed by atoms with Gasteiger partial charge in [0.05, 0.1) is 10.7 Å². The van der Waals surface area contributed by atoms with E-state index in [1.165, 1.54) is 17.5 Å². The van der Waals surface area contributed by atoms with Crippen molar-refractivity contribution >= 4 is 22.9 Å². The molecule has 1 aliphatic carbocycles. The minimum atomic E-state index is -0.239. The third-order valence-corrected chi connectivity index (χ3v) is 6.81.